The third-order valence-corrected chi connectivity index (χ3v) is 5.09. The smallest absolute Gasteiger partial charge is 0.276 e. The van der Waals surface area contributed by atoms with E-state index in [9.17, 15) is 18.6 Å². The van der Waals surface area contributed by atoms with Crippen LogP contribution in [0.25, 0.3) is 0 Å². The van der Waals surface area contributed by atoms with Crippen molar-refractivity contribution in [1.82, 2.24) is 4.83 Å². The van der Waals surface area contributed by atoms with Gasteiger partial charge in [-0.15, -0.1) is 0 Å². The molecule has 0 radical (unpaired) electrons. The van der Waals surface area contributed by atoms with E-state index in [2.05, 4.69) is 9.93 Å². The van der Waals surface area contributed by atoms with Gasteiger partial charge in [0.1, 0.15) is 0 Å². The fourth-order valence-corrected chi connectivity index (χ4v) is 3.26. The van der Waals surface area contributed by atoms with Crippen LogP contribution in [0.3, 0.4) is 0 Å². The maximum Gasteiger partial charge on any atom is 0.276 e. The molecule has 2 rings (SSSR count). The van der Waals surface area contributed by atoms with E-state index in [1.807, 2.05) is 26.8 Å². The third-order valence-electron chi connectivity index (χ3n) is 3.73. The van der Waals surface area contributed by atoms with Crippen LogP contribution in [0.15, 0.2) is 46.4 Å². The molecular weight excluding hydrogens is 340 g/mol. The summed E-state index contributed by atoms with van der Waals surface area (Å²) in [4.78, 5) is 2.35. The van der Waals surface area contributed by atoms with Crippen LogP contribution in [0.2, 0.25) is 0 Å². The first-order chi connectivity index (χ1) is 11.5. The molecular formula is C18H22N2O4S. The van der Waals surface area contributed by atoms with Crippen molar-refractivity contribution in [2.24, 2.45) is 5.10 Å². The molecule has 0 unspecified atom stereocenters. The van der Waals surface area contributed by atoms with Gasteiger partial charge in [-0.2, -0.15) is 13.5 Å². The Bertz CT molecular complexity index is 913. The molecule has 2 aromatic rings. The van der Waals surface area contributed by atoms with Gasteiger partial charge in [0.25, 0.3) is 10.0 Å². The molecule has 0 saturated carbocycles. The van der Waals surface area contributed by atoms with Crippen molar-refractivity contribution < 1.29 is 18.6 Å². The highest BCUT2D eigenvalue weighted by Crippen LogP contribution is 2.27. The summed E-state index contributed by atoms with van der Waals surface area (Å²) >= 11 is 0. The number of hydrazone groups is 1. The second-order valence-electron chi connectivity index (χ2n) is 6.83. The quantitative estimate of drug-likeness (QED) is 0.442. The highest BCUT2D eigenvalue weighted by Gasteiger charge is 2.21. The number of aryl methyl sites for hydroxylation is 1. The van der Waals surface area contributed by atoms with E-state index in [1.54, 1.807) is 19.1 Å². The summed E-state index contributed by atoms with van der Waals surface area (Å²) in [5.41, 5.74) is 1.80. The molecule has 25 heavy (non-hydrogen) atoms. The Labute approximate surface area is 147 Å². The molecule has 0 aliphatic carbocycles. The molecule has 0 atom stereocenters. The minimum absolute atomic E-state index is 0.172. The number of phenolic OH excluding ortho intramolecular Hbond substituents is 2. The molecule has 0 heterocycles. The van der Waals surface area contributed by atoms with E-state index in [4.69, 9.17) is 0 Å². The molecule has 6 nitrogen and oxygen atoms in total. The topological polar surface area (TPSA) is 99.0 Å². The Morgan fingerprint density at radius 3 is 2.32 bits per heavy atom. The molecule has 0 spiro atoms. The van der Waals surface area contributed by atoms with Crippen molar-refractivity contribution in [3.8, 4) is 11.5 Å². The lowest BCUT2D eigenvalue weighted by Gasteiger charge is -2.20. The van der Waals surface area contributed by atoms with Crippen LogP contribution in [0.5, 0.6) is 11.5 Å². The second kappa shape index (κ2) is 6.76. The van der Waals surface area contributed by atoms with Crippen molar-refractivity contribution in [3.05, 3.63) is 53.1 Å². The molecule has 0 amide bonds. The van der Waals surface area contributed by atoms with E-state index in [1.165, 1.54) is 24.4 Å². The zero-order valence-electron chi connectivity index (χ0n) is 14.6. The number of rotatable bonds is 4. The molecule has 0 aromatic heterocycles. The van der Waals surface area contributed by atoms with Crippen LogP contribution < -0.4 is 4.83 Å². The predicted molar refractivity (Wildman–Crippen MR) is 97.6 cm³/mol. The summed E-state index contributed by atoms with van der Waals surface area (Å²) in [6, 6.07) is 9.41. The van der Waals surface area contributed by atoms with Gasteiger partial charge in [-0.25, -0.2) is 4.83 Å². The molecule has 0 aliphatic rings. The van der Waals surface area contributed by atoms with Crippen LogP contribution in [0.1, 0.15) is 37.5 Å². The summed E-state index contributed by atoms with van der Waals surface area (Å²) in [6.45, 7) is 7.76. The average Bonchev–Trinajstić information content (AvgIpc) is 2.49. The molecule has 0 saturated heterocycles. The van der Waals surface area contributed by atoms with Gasteiger partial charge in [0.05, 0.1) is 11.1 Å². The van der Waals surface area contributed by atoms with Gasteiger partial charge in [-0.3, -0.25) is 0 Å². The molecule has 0 fully saturated rings. The third kappa shape index (κ3) is 4.51. The molecule has 3 N–H and O–H groups in total. The van der Waals surface area contributed by atoms with Crippen molar-refractivity contribution in [2.45, 2.75) is 38.0 Å². The summed E-state index contributed by atoms with van der Waals surface area (Å²) in [7, 11) is -3.82. The number of hydrogen-bond acceptors (Lipinski definition) is 5. The van der Waals surface area contributed by atoms with Crippen molar-refractivity contribution in [2.75, 3.05) is 0 Å². The monoisotopic (exact) mass is 362 g/mol. The number of phenols is 2. The van der Waals surface area contributed by atoms with Crippen LogP contribution in [0, 0.1) is 6.92 Å². The molecule has 0 aliphatic heterocycles. The van der Waals surface area contributed by atoms with E-state index >= 15 is 0 Å². The summed E-state index contributed by atoms with van der Waals surface area (Å²) in [5.74, 6) is -0.562. The van der Waals surface area contributed by atoms with Crippen LogP contribution in [-0.4, -0.2) is 24.8 Å². The zero-order chi connectivity index (χ0) is 18.8. The molecule has 134 valence electrons. The lowest BCUT2D eigenvalue weighted by molar-refractivity contribution is 0.403. The molecule has 0 bridgehead atoms. The number of benzene rings is 2. The number of nitrogens with zero attached hydrogens (tertiary/aromatic N) is 1. The summed E-state index contributed by atoms with van der Waals surface area (Å²) in [5, 5.41) is 22.4. The largest absolute Gasteiger partial charge is 0.504 e. The van der Waals surface area contributed by atoms with E-state index in [0.29, 0.717) is 11.1 Å². The SMILES string of the molecule is Cc1ccc(C(C)(C)C)cc1S(=O)(=O)N/N=C/c1ccc(O)c(O)c1. The number of hydrogen-bond donors (Lipinski definition) is 3. The highest BCUT2D eigenvalue weighted by atomic mass is 32.2. The Hall–Kier alpha value is -2.54. The fourth-order valence-electron chi connectivity index (χ4n) is 2.20. The van der Waals surface area contributed by atoms with Crippen LogP contribution in [0.4, 0.5) is 0 Å². The lowest BCUT2D eigenvalue weighted by atomic mass is 9.87. The standard InChI is InChI=1S/C18H22N2O4S/c1-12-5-7-14(18(2,3)4)10-17(12)25(23,24)20-19-11-13-6-8-15(21)16(22)9-13/h5-11,20-22H,1-4H3/b19-11+. The van der Waals surface area contributed by atoms with Crippen molar-refractivity contribution in [3.63, 3.8) is 0 Å². The first-order valence-electron chi connectivity index (χ1n) is 7.69. The molecule has 7 heteroatoms. The van der Waals surface area contributed by atoms with Gasteiger partial charge in [0.15, 0.2) is 11.5 Å². The first kappa shape index (κ1) is 18.8. The Balaban J connectivity index is 2.27. The zero-order valence-corrected chi connectivity index (χ0v) is 15.4. The maximum atomic E-state index is 12.5. The van der Waals surface area contributed by atoms with Crippen LogP contribution in [-0.2, 0) is 15.4 Å². The number of nitrogens with one attached hydrogen (secondary N) is 1. The van der Waals surface area contributed by atoms with Gasteiger partial charge in [-0.1, -0.05) is 32.9 Å². The summed E-state index contributed by atoms with van der Waals surface area (Å²) < 4.78 is 25.1. The Morgan fingerprint density at radius 2 is 1.72 bits per heavy atom. The van der Waals surface area contributed by atoms with Gasteiger partial charge in [0, 0.05) is 0 Å². The van der Waals surface area contributed by atoms with Gasteiger partial charge in [-0.05, 0) is 53.3 Å². The van der Waals surface area contributed by atoms with Crippen molar-refractivity contribution in [1.29, 1.82) is 0 Å². The number of sulfonamides is 1. The van der Waals surface area contributed by atoms with Gasteiger partial charge < -0.3 is 10.2 Å². The number of aromatic hydroxyl groups is 2. The highest BCUT2D eigenvalue weighted by molar-refractivity contribution is 7.89. The van der Waals surface area contributed by atoms with Crippen LogP contribution >= 0.6 is 0 Å². The lowest BCUT2D eigenvalue weighted by Crippen LogP contribution is -2.21. The van der Waals surface area contributed by atoms with E-state index in [0.717, 1.165) is 5.56 Å². The second-order valence-corrected chi connectivity index (χ2v) is 8.46. The van der Waals surface area contributed by atoms with Gasteiger partial charge >= 0.3 is 0 Å². The Morgan fingerprint density at radius 1 is 1.04 bits per heavy atom. The minimum atomic E-state index is -3.82. The Kier molecular flexibility index (Phi) is 5.08. The predicted octanol–water partition coefficient (Wildman–Crippen LogP) is 3.02. The first-order valence-corrected chi connectivity index (χ1v) is 9.17. The van der Waals surface area contributed by atoms with E-state index < -0.39 is 10.0 Å². The van der Waals surface area contributed by atoms with Crippen molar-refractivity contribution >= 4 is 16.2 Å². The van der Waals surface area contributed by atoms with E-state index in [-0.39, 0.29) is 21.8 Å². The average molecular weight is 362 g/mol. The normalized spacial score (nSPS) is 12.5. The maximum absolute atomic E-state index is 12.5. The molecule has 2 aromatic carbocycles. The fraction of sp³-hybridized carbons (Fsp3) is 0.278. The minimum Gasteiger partial charge on any atom is -0.504 e. The summed E-state index contributed by atoms with van der Waals surface area (Å²) in [6.07, 6.45) is 1.25. The van der Waals surface area contributed by atoms with Gasteiger partial charge in [0.2, 0.25) is 0 Å².